The predicted octanol–water partition coefficient (Wildman–Crippen LogP) is 5.61. The standard InChI is InChI=1S/C22H24F2O2/c1-5-26-20(25)22(23,24)15-19(16-9-7-6-8-10-16)17-11-13-18(14-12-17)21(2,3)4/h6-15H,5H2,1-4H3/b19-15+. The van der Waals surface area contributed by atoms with Gasteiger partial charge >= 0.3 is 11.9 Å². The molecule has 0 spiro atoms. The van der Waals surface area contributed by atoms with Gasteiger partial charge in [-0.2, -0.15) is 8.78 Å². The van der Waals surface area contributed by atoms with Gasteiger partial charge in [-0.3, -0.25) is 0 Å². The molecule has 2 aromatic carbocycles. The van der Waals surface area contributed by atoms with Gasteiger partial charge in [0.1, 0.15) is 0 Å². The topological polar surface area (TPSA) is 26.3 Å². The summed E-state index contributed by atoms with van der Waals surface area (Å²) in [6.07, 6.45) is 0.687. The number of alkyl halides is 2. The van der Waals surface area contributed by atoms with Crippen LogP contribution in [0, 0.1) is 0 Å². The molecule has 0 unspecified atom stereocenters. The Hall–Kier alpha value is -2.49. The van der Waals surface area contributed by atoms with Crippen LogP contribution in [0.1, 0.15) is 44.4 Å². The highest BCUT2D eigenvalue weighted by atomic mass is 19.3. The molecule has 0 aliphatic rings. The third-order valence-electron chi connectivity index (χ3n) is 4.02. The van der Waals surface area contributed by atoms with Crippen molar-refractivity contribution >= 4 is 11.5 Å². The van der Waals surface area contributed by atoms with Crippen LogP contribution in [0.2, 0.25) is 0 Å². The van der Waals surface area contributed by atoms with E-state index in [-0.39, 0.29) is 12.0 Å². The van der Waals surface area contributed by atoms with Crippen molar-refractivity contribution in [2.75, 3.05) is 6.61 Å². The maximum absolute atomic E-state index is 14.3. The molecule has 0 N–H and O–H groups in total. The fraction of sp³-hybridized carbons (Fsp3) is 0.318. The van der Waals surface area contributed by atoms with E-state index < -0.39 is 11.9 Å². The molecule has 2 nitrogen and oxygen atoms in total. The van der Waals surface area contributed by atoms with Crippen molar-refractivity contribution in [3.8, 4) is 0 Å². The van der Waals surface area contributed by atoms with Crippen molar-refractivity contribution in [3.63, 3.8) is 0 Å². The highest BCUT2D eigenvalue weighted by Gasteiger charge is 2.38. The number of benzene rings is 2. The molecule has 0 aliphatic heterocycles. The summed E-state index contributed by atoms with van der Waals surface area (Å²) < 4.78 is 33.2. The molecule has 0 heterocycles. The zero-order chi connectivity index (χ0) is 19.4. The second-order valence-electron chi connectivity index (χ2n) is 7.09. The van der Waals surface area contributed by atoms with Gasteiger partial charge in [0.15, 0.2) is 0 Å². The number of carbonyl (C=O) groups excluding carboxylic acids is 1. The van der Waals surface area contributed by atoms with Gasteiger partial charge in [0.05, 0.1) is 6.61 Å². The second-order valence-corrected chi connectivity index (χ2v) is 7.09. The normalized spacial score (nSPS) is 12.8. The SMILES string of the molecule is CCOC(=O)C(F)(F)/C=C(\c1ccccc1)c1ccc(C(C)(C)C)cc1. The van der Waals surface area contributed by atoms with E-state index in [1.54, 1.807) is 36.4 Å². The summed E-state index contributed by atoms with van der Waals surface area (Å²) in [4.78, 5) is 11.6. The van der Waals surface area contributed by atoms with Crippen molar-refractivity contribution in [2.24, 2.45) is 0 Å². The van der Waals surface area contributed by atoms with Crippen molar-refractivity contribution in [2.45, 2.75) is 39.0 Å². The molecule has 0 aliphatic carbocycles. The Balaban J connectivity index is 2.52. The molecule has 2 aromatic rings. The van der Waals surface area contributed by atoms with E-state index in [0.717, 1.165) is 5.56 Å². The molecule has 0 radical (unpaired) electrons. The molecule has 2 rings (SSSR count). The lowest BCUT2D eigenvalue weighted by atomic mass is 9.85. The van der Waals surface area contributed by atoms with Gasteiger partial charge in [0.2, 0.25) is 0 Å². The number of rotatable bonds is 5. The minimum atomic E-state index is -3.70. The van der Waals surface area contributed by atoms with Crippen LogP contribution in [-0.4, -0.2) is 18.5 Å². The second kappa shape index (κ2) is 7.81. The van der Waals surface area contributed by atoms with E-state index >= 15 is 0 Å². The van der Waals surface area contributed by atoms with Crippen LogP contribution >= 0.6 is 0 Å². The molecule has 0 amide bonds. The summed E-state index contributed by atoms with van der Waals surface area (Å²) in [5, 5.41) is 0. The maximum atomic E-state index is 14.3. The molecule has 138 valence electrons. The van der Waals surface area contributed by atoms with Gasteiger partial charge in [-0.05, 0) is 34.6 Å². The fourth-order valence-corrected chi connectivity index (χ4v) is 2.57. The lowest BCUT2D eigenvalue weighted by molar-refractivity contribution is -0.164. The van der Waals surface area contributed by atoms with Gasteiger partial charge < -0.3 is 4.74 Å². The van der Waals surface area contributed by atoms with E-state index in [4.69, 9.17) is 0 Å². The molecular weight excluding hydrogens is 334 g/mol. The number of carbonyl (C=O) groups is 1. The van der Waals surface area contributed by atoms with Crippen molar-refractivity contribution in [3.05, 3.63) is 77.4 Å². The Bertz CT molecular complexity index is 770. The first-order chi connectivity index (χ1) is 12.1. The zero-order valence-electron chi connectivity index (χ0n) is 15.6. The number of esters is 1. The van der Waals surface area contributed by atoms with E-state index in [0.29, 0.717) is 22.8 Å². The van der Waals surface area contributed by atoms with Gasteiger partial charge in [0, 0.05) is 6.08 Å². The molecule has 0 bridgehead atoms. The van der Waals surface area contributed by atoms with Gasteiger partial charge in [0.25, 0.3) is 0 Å². The minimum absolute atomic E-state index is 0.0377. The van der Waals surface area contributed by atoms with Crippen molar-refractivity contribution in [1.82, 2.24) is 0 Å². The van der Waals surface area contributed by atoms with Crippen molar-refractivity contribution < 1.29 is 18.3 Å². The molecule has 0 saturated carbocycles. The first kappa shape index (κ1) is 19.8. The summed E-state index contributed by atoms with van der Waals surface area (Å²) in [7, 11) is 0. The van der Waals surface area contributed by atoms with Crippen LogP contribution in [0.15, 0.2) is 60.7 Å². The largest absolute Gasteiger partial charge is 0.461 e. The lowest BCUT2D eigenvalue weighted by Gasteiger charge is -2.20. The maximum Gasteiger partial charge on any atom is 0.381 e. The lowest BCUT2D eigenvalue weighted by Crippen LogP contribution is -2.29. The highest BCUT2D eigenvalue weighted by molar-refractivity contribution is 5.87. The van der Waals surface area contributed by atoms with Crippen LogP contribution in [0.3, 0.4) is 0 Å². The summed E-state index contributed by atoms with van der Waals surface area (Å²) >= 11 is 0. The molecular formula is C22H24F2O2. The average molecular weight is 358 g/mol. The monoisotopic (exact) mass is 358 g/mol. The first-order valence-corrected chi connectivity index (χ1v) is 8.59. The summed E-state index contributed by atoms with van der Waals surface area (Å²) in [6, 6.07) is 16.3. The average Bonchev–Trinajstić information content (AvgIpc) is 2.60. The van der Waals surface area contributed by atoms with Gasteiger partial charge in [-0.15, -0.1) is 0 Å². The van der Waals surface area contributed by atoms with Gasteiger partial charge in [-0.25, -0.2) is 4.79 Å². The Labute approximate surface area is 153 Å². The number of ether oxygens (including phenoxy) is 1. The summed E-state index contributed by atoms with van der Waals surface area (Å²) in [5.74, 6) is -5.25. The van der Waals surface area contributed by atoms with Crippen molar-refractivity contribution in [1.29, 1.82) is 0 Å². The molecule has 4 heteroatoms. The van der Waals surface area contributed by atoms with Crippen LogP contribution in [0.25, 0.3) is 5.57 Å². The third-order valence-corrected chi connectivity index (χ3v) is 4.02. The summed E-state index contributed by atoms with van der Waals surface area (Å²) in [6.45, 7) is 7.67. The minimum Gasteiger partial charge on any atom is -0.461 e. The van der Waals surface area contributed by atoms with Crippen LogP contribution in [0.5, 0.6) is 0 Å². The van der Waals surface area contributed by atoms with Gasteiger partial charge in [-0.1, -0.05) is 75.4 Å². The smallest absolute Gasteiger partial charge is 0.381 e. The van der Waals surface area contributed by atoms with E-state index in [1.807, 2.05) is 18.2 Å². The molecule has 0 atom stereocenters. The van der Waals surface area contributed by atoms with Crippen LogP contribution in [-0.2, 0) is 14.9 Å². The fourth-order valence-electron chi connectivity index (χ4n) is 2.57. The van der Waals surface area contributed by atoms with Crippen LogP contribution < -0.4 is 0 Å². The van der Waals surface area contributed by atoms with Crippen LogP contribution in [0.4, 0.5) is 8.78 Å². The van der Waals surface area contributed by atoms with E-state index in [1.165, 1.54) is 6.92 Å². The number of hydrogen-bond donors (Lipinski definition) is 0. The molecule has 0 fully saturated rings. The number of hydrogen-bond acceptors (Lipinski definition) is 2. The number of halogens is 2. The summed E-state index contributed by atoms with van der Waals surface area (Å²) in [5.41, 5.74) is 2.59. The van der Waals surface area contributed by atoms with E-state index in [9.17, 15) is 13.6 Å². The molecule has 26 heavy (non-hydrogen) atoms. The first-order valence-electron chi connectivity index (χ1n) is 8.59. The quantitative estimate of drug-likeness (QED) is 0.649. The van der Waals surface area contributed by atoms with E-state index in [2.05, 4.69) is 25.5 Å². The highest BCUT2D eigenvalue weighted by Crippen LogP contribution is 2.31. The zero-order valence-corrected chi connectivity index (χ0v) is 15.6. The molecule has 0 aromatic heterocycles. The predicted molar refractivity (Wildman–Crippen MR) is 100 cm³/mol. The Morgan fingerprint density at radius 1 is 0.962 bits per heavy atom. The third kappa shape index (κ3) is 4.78. The Morgan fingerprint density at radius 3 is 2.00 bits per heavy atom. The Kier molecular flexibility index (Phi) is 5.96. The Morgan fingerprint density at radius 2 is 1.50 bits per heavy atom. The molecule has 0 saturated heterocycles.